The first kappa shape index (κ1) is 13.8. The zero-order chi connectivity index (χ0) is 13.2. The second-order valence-electron chi connectivity index (χ2n) is 4.79. The summed E-state index contributed by atoms with van der Waals surface area (Å²) in [6.07, 6.45) is 0.599. The van der Waals surface area contributed by atoms with Crippen LogP contribution in [0.5, 0.6) is 0 Å². The van der Waals surface area contributed by atoms with Crippen molar-refractivity contribution < 1.29 is 9.32 Å². The number of hydrogen-bond acceptors (Lipinski definition) is 3. The van der Waals surface area contributed by atoms with Gasteiger partial charge in [-0.2, -0.15) is 0 Å². The van der Waals surface area contributed by atoms with Crippen LogP contribution in [-0.2, 0) is 9.32 Å². The lowest BCUT2D eigenvalue weighted by atomic mass is 10.0. The molecular formula is C13H21NO2SSi. The van der Waals surface area contributed by atoms with Crippen LogP contribution in [0.15, 0.2) is 17.5 Å². The van der Waals surface area contributed by atoms with E-state index in [1.54, 1.807) is 16.4 Å². The molecule has 0 spiro atoms. The van der Waals surface area contributed by atoms with E-state index in [9.17, 15) is 4.79 Å². The monoisotopic (exact) mass is 283 g/mol. The Kier molecular flexibility index (Phi) is 4.24. The van der Waals surface area contributed by atoms with Crippen molar-refractivity contribution >= 4 is 25.6 Å². The van der Waals surface area contributed by atoms with E-state index in [2.05, 4.69) is 32.2 Å². The molecule has 1 saturated heterocycles. The van der Waals surface area contributed by atoms with Gasteiger partial charge in [0.25, 0.3) is 0 Å². The summed E-state index contributed by atoms with van der Waals surface area (Å²) >= 11 is 1.70. The first-order valence-electron chi connectivity index (χ1n) is 6.70. The average molecular weight is 283 g/mol. The SMILES string of the molecule is CC[Si](CC)(CC)ON1C(=O)CC1c1cccs1. The van der Waals surface area contributed by atoms with Gasteiger partial charge in [0.2, 0.25) is 14.2 Å². The molecular weight excluding hydrogens is 262 g/mol. The number of carbonyl (C=O) groups is 1. The molecule has 1 unspecified atom stereocenters. The number of carbonyl (C=O) groups excluding carboxylic acids is 1. The molecule has 0 radical (unpaired) electrons. The highest BCUT2D eigenvalue weighted by Gasteiger charge is 2.44. The van der Waals surface area contributed by atoms with E-state index in [0.29, 0.717) is 6.42 Å². The maximum atomic E-state index is 11.8. The predicted octanol–water partition coefficient (Wildman–Crippen LogP) is 3.96. The molecule has 100 valence electrons. The predicted molar refractivity (Wildman–Crippen MR) is 76.8 cm³/mol. The first-order chi connectivity index (χ1) is 8.65. The van der Waals surface area contributed by atoms with Crippen LogP contribution in [0, 0.1) is 0 Å². The highest BCUT2D eigenvalue weighted by molar-refractivity contribution is 7.10. The van der Waals surface area contributed by atoms with Crippen molar-refractivity contribution in [3.05, 3.63) is 22.4 Å². The summed E-state index contributed by atoms with van der Waals surface area (Å²) < 4.78 is 6.20. The lowest BCUT2D eigenvalue weighted by Crippen LogP contribution is -2.53. The third-order valence-corrected chi connectivity index (χ3v) is 9.42. The summed E-state index contributed by atoms with van der Waals surface area (Å²) in [6, 6.07) is 7.49. The number of rotatable bonds is 6. The second-order valence-corrected chi connectivity index (χ2v) is 10.4. The Labute approximate surface area is 114 Å². The number of amides is 1. The Morgan fingerprint density at radius 1 is 1.39 bits per heavy atom. The van der Waals surface area contributed by atoms with Crippen molar-refractivity contribution in [1.82, 2.24) is 5.06 Å². The van der Waals surface area contributed by atoms with Crippen LogP contribution >= 0.6 is 11.3 Å². The van der Waals surface area contributed by atoms with Gasteiger partial charge in [-0.25, -0.2) is 5.06 Å². The molecule has 0 bridgehead atoms. The minimum atomic E-state index is -1.74. The maximum Gasteiger partial charge on any atom is 0.248 e. The van der Waals surface area contributed by atoms with Gasteiger partial charge in [-0.1, -0.05) is 26.8 Å². The van der Waals surface area contributed by atoms with Crippen LogP contribution in [0.4, 0.5) is 0 Å². The van der Waals surface area contributed by atoms with E-state index in [1.165, 1.54) is 4.88 Å². The molecule has 0 aromatic carbocycles. The molecule has 1 fully saturated rings. The van der Waals surface area contributed by atoms with Crippen molar-refractivity contribution in [1.29, 1.82) is 0 Å². The topological polar surface area (TPSA) is 29.5 Å². The minimum absolute atomic E-state index is 0.139. The van der Waals surface area contributed by atoms with E-state index >= 15 is 0 Å². The molecule has 2 rings (SSSR count). The summed E-state index contributed by atoms with van der Waals surface area (Å²) in [4.78, 5) is 13.0. The molecule has 18 heavy (non-hydrogen) atoms. The maximum absolute atomic E-state index is 11.8. The van der Waals surface area contributed by atoms with Gasteiger partial charge in [0, 0.05) is 4.88 Å². The Hall–Kier alpha value is -0.653. The van der Waals surface area contributed by atoms with Gasteiger partial charge in [0.05, 0.1) is 6.42 Å². The number of thiophene rings is 1. The van der Waals surface area contributed by atoms with Crippen LogP contribution in [0.1, 0.15) is 38.1 Å². The zero-order valence-electron chi connectivity index (χ0n) is 11.3. The largest absolute Gasteiger partial charge is 0.316 e. The van der Waals surface area contributed by atoms with Crippen LogP contribution in [0.2, 0.25) is 18.1 Å². The van der Waals surface area contributed by atoms with Crippen LogP contribution in [-0.4, -0.2) is 19.3 Å². The molecule has 1 atom stereocenters. The number of nitrogens with zero attached hydrogens (tertiary/aromatic N) is 1. The van der Waals surface area contributed by atoms with Crippen LogP contribution in [0.25, 0.3) is 0 Å². The van der Waals surface area contributed by atoms with E-state index in [1.807, 2.05) is 6.07 Å². The smallest absolute Gasteiger partial charge is 0.248 e. The Balaban J connectivity index is 2.09. The summed E-state index contributed by atoms with van der Waals surface area (Å²) in [5.74, 6) is 0.139. The molecule has 1 aromatic rings. The fraction of sp³-hybridized carbons (Fsp3) is 0.615. The van der Waals surface area contributed by atoms with Crippen LogP contribution in [0.3, 0.4) is 0 Å². The molecule has 5 heteroatoms. The molecule has 2 heterocycles. The second kappa shape index (κ2) is 5.55. The van der Waals surface area contributed by atoms with Gasteiger partial charge in [0.1, 0.15) is 6.04 Å². The average Bonchev–Trinajstić information content (AvgIpc) is 2.91. The summed E-state index contributed by atoms with van der Waals surface area (Å²) in [7, 11) is -1.74. The lowest BCUT2D eigenvalue weighted by Gasteiger charge is -2.44. The van der Waals surface area contributed by atoms with Gasteiger partial charge >= 0.3 is 0 Å². The molecule has 0 saturated carbocycles. The van der Waals surface area contributed by atoms with Crippen molar-refractivity contribution in [2.75, 3.05) is 0 Å². The summed E-state index contributed by atoms with van der Waals surface area (Å²) in [5, 5.41) is 3.72. The van der Waals surface area contributed by atoms with Gasteiger partial charge in [0.15, 0.2) is 0 Å². The van der Waals surface area contributed by atoms with Gasteiger partial charge < -0.3 is 4.53 Å². The Morgan fingerprint density at radius 3 is 2.50 bits per heavy atom. The fourth-order valence-corrected chi connectivity index (χ4v) is 5.70. The van der Waals surface area contributed by atoms with E-state index in [4.69, 9.17) is 4.53 Å². The minimum Gasteiger partial charge on any atom is -0.316 e. The fourth-order valence-electron chi connectivity index (χ4n) is 2.36. The highest BCUT2D eigenvalue weighted by Crippen LogP contribution is 2.39. The number of hydrogen-bond donors (Lipinski definition) is 0. The van der Waals surface area contributed by atoms with Crippen molar-refractivity contribution in [3.8, 4) is 0 Å². The van der Waals surface area contributed by atoms with E-state index in [0.717, 1.165) is 18.1 Å². The third-order valence-electron chi connectivity index (χ3n) is 3.99. The van der Waals surface area contributed by atoms with Crippen LogP contribution < -0.4 is 0 Å². The van der Waals surface area contributed by atoms with Crippen molar-refractivity contribution in [2.24, 2.45) is 0 Å². The van der Waals surface area contributed by atoms with Gasteiger partial charge in [-0.3, -0.25) is 4.79 Å². The molecule has 0 N–H and O–H groups in total. The number of hydroxylamine groups is 2. The molecule has 0 aliphatic carbocycles. The third kappa shape index (κ3) is 2.39. The molecule has 1 amide bonds. The molecule has 1 aliphatic heterocycles. The highest BCUT2D eigenvalue weighted by atomic mass is 32.1. The Bertz CT molecular complexity index is 395. The normalized spacial score (nSPS) is 20.1. The van der Waals surface area contributed by atoms with Crippen molar-refractivity contribution in [2.45, 2.75) is 51.4 Å². The summed E-state index contributed by atoms with van der Waals surface area (Å²) in [5.41, 5.74) is 0. The van der Waals surface area contributed by atoms with E-state index < -0.39 is 8.32 Å². The Morgan fingerprint density at radius 2 is 2.06 bits per heavy atom. The number of β-lactam (4-membered cyclic amide) rings is 1. The quantitative estimate of drug-likeness (QED) is 0.584. The van der Waals surface area contributed by atoms with Gasteiger partial charge in [-0.15, -0.1) is 11.3 Å². The van der Waals surface area contributed by atoms with Gasteiger partial charge in [-0.05, 0) is 29.6 Å². The zero-order valence-corrected chi connectivity index (χ0v) is 13.1. The molecule has 3 nitrogen and oxygen atoms in total. The first-order valence-corrected chi connectivity index (χ1v) is 10.1. The molecule has 1 aromatic heterocycles. The van der Waals surface area contributed by atoms with E-state index in [-0.39, 0.29) is 11.9 Å². The van der Waals surface area contributed by atoms with Crippen molar-refractivity contribution in [3.63, 3.8) is 0 Å². The lowest BCUT2D eigenvalue weighted by molar-refractivity contribution is -0.195. The summed E-state index contributed by atoms with van der Waals surface area (Å²) in [6.45, 7) is 6.55. The standard InChI is InChI=1S/C13H21NO2SSi/c1-4-18(5-2,6-3)16-14-11(10-13(14)15)12-8-7-9-17-12/h7-9,11H,4-6,10H2,1-3H3. The molecule has 1 aliphatic rings.